The summed E-state index contributed by atoms with van der Waals surface area (Å²) in [5.41, 5.74) is 8.03. The lowest BCUT2D eigenvalue weighted by molar-refractivity contribution is 0.162. The number of aryl methyl sites for hydroxylation is 3. The van der Waals surface area contributed by atoms with E-state index in [0.29, 0.717) is 16.1 Å². The molecule has 0 aromatic heterocycles. The molecule has 0 unspecified atom stereocenters. The third-order valence-corrected chi connectivity index (χ3v) is 10.5. The van der Waals surface area contributed by atoms with Crippen molar-refractivity contribution >= 4 is 46.7 Å². The highest BCUT2D eigenvalue weighted by atomic mass is 35.5. The summed E-state index contributed by atoms with van der Waals surface area (Å²) in [5, 5.41) is 0.589. The molecule has 2 saturated carbocycles. The van der Waals surface area contributed by atoms with Gasteiger partial charge in [0.05, 0.1) is 4.36 Å². The zero-order valence-corrected chi connectivity index (χ0v) is 19.6. The summed E-state index contributed by atoms with van der Waals surface area (Å²) in [4.78, 5) is 0. The van der Waals surface area contributed by atoms with Crippen LogP contribution in [0.2, 0.25) is 0 Å². The fourth-order valence-corrected chi connectivity index (χ4v) is 9.25. The Morgan fingerprint density at radius 2 is 1.88 bits per heavy atom. The van der Waals surface area contributed by atoms with Crippen LogP contribution in [0.15, 0.2) is 22.0 Å². The van der Waals surface area contributed by atoms with Crippen molar-refractivity contribution in [2.75, 3.05) is 5.75 Å². The van der Waals surface area contributed by atoms with E-state index in [-0.39, 0.29) is 0 Å². The van der Waals surface area contributed by atoms with E-state index in [2.05, 4.69) is 58.5 Å². The highest BCUT2D eigenvalue weighted by molar-refractivity contribution is 8.05. The molecule has 4 heteroatoms. The summed E-state index contributed by atoms with van der Waals surface area (Å²) in [6, 6.07) is 4.63. The molecule has 0 heterocycles. The van der Waals surface area contributed by atoms with Gasteiger partial charge in [0.25, 0.3) is 0 Å². The lowest BCUT2D eigenvalue weighted by Gasteiger charge is -2.42. The molecule has 0 aliphatic heterocycles. The quantitative estimate of drug-likeness (QED) is 0.449. The van der Waals surface area contributed by atoms with Crippen LogP contribution in [0.5, 0.6) is 0 Å². The predicted octanol–water partition coefficient (Wildman–Crippen LogP) is 8.05. The van der Waals surface area contributed by atoms with Gasteiger partial charge in [0, 0.05) is 22.3 Å². The molecular formula is C22H30Cl2S2. The minimum absolute atomic E-state index is 0.361. The van der Waals surface area contributed by atoms with E-state index < -0.39 is 0 Å². The third-order valence-electron chi connectivity index (χ3n) is 7.14. The second-order valence-electron chi connectivity index (χ2n) is 8.74. The summed E-state index contributed by atoms with van der Waals surface area (Å²) >= 11 is 16.1. The van der Waals surface area contributed by atoms with Gasteiger partial charge >= 0.3 is 0 Å². The van der Waals surface area contributed by atoms with Crippen molar-refractivity contribution in [3.8, 4) is 0 Å². The third kappa shape index (κ3) is 3.61. The van der Waals surface area contributed by atoms with E-state index in [4.69, 9.17) is 23.2 Å². The van der Waals surface area contributed by atoms with Crippen molar-refractivity contribution in [2.45, 2.75) is 64.9 Å². The van der Waals surface area contributed by atoms with E-state index in [1.165, 1.54) is 52.8 Å². The first kappa shape index (κ1) is 21.0. The van der Waals surface area contributed by atoms with Crippen molar-refractivity contribution in [3.05, 3.63) is 44.3 Å². The zero-order valence-electron chi connectivity index (χ0n) is 16.5. The average Bonchev–Trinajstić information content (AvgIpc) is 2.92. The van der Waals surface area contributed by atoms with Crippen LogP contribution in [-0.4, -0.2) is 11.0 Å². The second-order valence-corrected chi connectivity index (χ2v) is 11.8. The van der Waals surface area contributed by atoms with E-state index >= 15 is 0 Å². The maximum Gasteiger partial charge on any atom is 0.0850 e. The highest BCUT2D eigenvalue weighted by Gasteiger charge is 2.63. The van der Waals surface area contributed by atoms with Gasteiger partial charge in [-0.2, -0.15) is 11.8 Å². The first-order valence-electron chi connectivity index (χ1n) is 9.48. The Labute approximate surface area is 177 Å². The van der Waals surface area contributed by atoms with Gasteiger partial charge in [-0.25, -0.2) is 0 Å². The first-order valence-corrected chi connectivity index (χ1v) is 12.3. The minimum Gasteiger partial charge on any atom is -0.157 e. The molecule has 144 valence electrons. The van der Waals surface area contributed by atoms with Crippen LogP contribution in [0, 0.1) is 37.5 Å². The fourth-order valence-electron chi connectivity index (χ4n) is 5.44. The number of hydrogen-bond acceptors (Lipinski definition) is 2. The van der Waals surface area contributed by atoms with Crippen molar-refractivity contribution in [3.63, 3.8) is 0 Å². The normalized spacial score (nSPS) is 30.2. The van der Waals surface area contributed by atoms with Crippen molar-refractivity contribution in [2.24, 2.45) is 16.7 Å². The molecule has 0 spiro atoms. The smallest absolute Gasteiger partial charge is 0.0850 e. The number of halogens is 2. The second kappa shape index (κ2) is 7.93. The molecule has 0 radical (unpaired) electrons. The summed E-state index contributed by atoms with van der Waals surface area (Å²) < 4.78 is 0.745. The molecule has 26 heavy (non-hydrogen) atoms. The van der Waals surface area contributed by atoms with Crippen molar-refractivity contribution < 1.29 is 0 Å². The van der Waals surface area contributed by atoms with Crippen LogP contribution in [0.3, 0.4) is 0 Å². The standard InChI is InChI=1S/C22H30Cl2S2/c1-14-8-15(2)18(16(3)9-14)12-25-13-22-7-6-17(21(22,4)5)10-19(22)26-20(24)11-23/h8-9,11,17,19H,6-7,10,12-13H2,1-5H3/b20-11+/t17-,19-,22-/m1/s1. The summed E-state index contributed by atoms with van der Waals surface area (Å²) in [7, 11) is 0. The number of thioether (sulfide) groups is 2. The molecule has 1 aromatic carbocycles. The largest absolute Gasteiger partial charge is 0.157 e. The molecule has 2 aliphatic rings. The summed E-state index contributed by atoms with van der Waals surface area (Å²) in [6.07, 6.45) is 3.98. The highest BCUT2D eigenvalue weighted by Crippen LogP contribution is 2.70. The van der Waals surface area contributed by atoms with Gasteiger partial charge in [-0.05, 0) is 73.5 Å². The van der Waals surface area contributed by atoms with Gasteiger partial charge in [0.1, 0.15) is 0 Å². The van der Waals surface area contributed by atoms with E-state index in [1.54, 1.807) is 0 Å². The van der Waals surface area contributed by atoms with Gasteiger partial charge in [-0.3, -0.25) is 0 Å². The summed E-state index contributed by atoms with van der Waals surface area (Å²) in [6.45, 7) is 11.7. The number of benzene rings is 1. The lowest BCUT2D eigenvalue weighted by Crippen LogP contribution is -2.39. The Balaban J connectivity index is 1.76. The Morgan fingerprint density at radius 3 is 2.46 bits per heavy atom. The molecule has 1 aromatic rings. The lowest BCUT2D eigenvalue weighted by atomic mass is 9.70. The maximum absolute atomic E-state index is 6.31. The van der Waals surface area contributed by atoms with Crippen molar-refractivity contribution in [1.82, 2.24) is 0 Å². The molecule has 0 N–H and O–H groups in total. The molecular weight excluding hydrogens is 399 g/mol. The molecule has 0 nitrogen and oxygen atoms in total. The Morgan fingerprint density at radius 1 is 1.23 bits per heavy atom. The van der Waals surface area contributed by atoms with Crippen molar-refractivity contribution in [1.29, 1.82) is 0 Å². The van der Waals surface area contributed by atoms with Gasteiger partial charge in [0.15, 0.2) is 0 Å². The number of hydrogen-bond donors (Lipinski definition) is 0. The summed E-state index contributed by atoms with van der Waals surface area (Å²) in [5.74, 6) is 3.15. The minimum atomic E-state index is 0.361. The Bertz CT molecular complexity index is 687. The van der Waals surface area contributed by atoms with Crippen LogP contribution >= 0.6 is 46.7 Å². The predicted molar refractivity (Wildman–Crippen MR) is 122 cm³/mol. The number of fused-ring (bicyclic) bond motifs is 2. The van der Waals surface area contributed by atoms with Crippen LogP contribution in [0.1, 0.15) is 55.4 Å². The first-order chi connectivity index (χ1) is 12.2. The van der Waals surface area contributed by atoms with Crippen LogP contribution < -0.4 is 0 Å². The van der Waals surface area contributed by atoms with Crippen LogP contribution in [0.4, 0.5) is 0 Å². The topological polar surface area (TPSA) is 0 Å². The SMILES string of the molecule is Cc1cc(C)c(CSC[C@]23CC[C@H](C[C@H]2S/C(Cl)=C/Cl)C3(C)C)c(C)c1. The Kier molecular flexibility index (Phi) is 6.39. The molecule has 3 rings (SSSR count). The Hall–Kier alpha value is 0.240. The van der Waals surface area contributed by atoms with E-state index in [1.807, 2.05) is 11.8 Å². The van der Waals surface area contributed by atoms with Crippen LogP contribution in [-0.2, 0) is 5.75 Å². The van der Waals surface area contributed by atoms with Crippen LogP contribution in [0.25, 0.3) is 0 Å². The van der Waals surface area contributed by atoms with E-state index in [9.17, 15) is 0 Å². The molecule has 2 aliphatic carbocycles. The molecule has 2 fully saturated rings. The van der Waals surface area contributed by atoms with Gasteiger partial charge in [0.2, 0.25) is 0 Å². The monoisotopic (exact) mass is 428 g/mol. The molecule has 2 bridgehead atoms. The van der Waals surface area contributed by atoms with Gasteiger partial charge < -0.3 is 0 Å². The maximum atomic E-state index is 6.31. The van der Waals surface area contributed by atoms with Gasteiger partial charge in [-0.15, -0.1) is 11.8 Å². The average molecular weight is 430 g/mol. The molecule has 0 amide bonds. The molecule has 0 saturated heterocycles. The van der Waals surface area contributed by atoms with Gasteiger partial charge in [-0.1, -0.05) is 54.7 Å². The fraction of sp³-hybridized carbons (Fsp3) is 0.636. The van der Waals surface area contributed by atoms with E-state index in [0.717, 1.165) is 16.0 Å². The molecule has 3 atom stereocenters. The number of rotatable bonds is 6. The zero-order chi connectivity index (χ0) is 19.1.